The van der Waals surface area contributed by atoms with Gasteiger partial charge in [0.1, 0.15) is 11.6 Å². The van der Waals surface area contributed by atoms with Crippen LogP contribution in [0.15, 0.2) is 54.9 Å². The summed E-state index contributed by atoms with van der Waals surface area (Å²) >= 11 is 0. The lowest BCUT2D eigenvalue weighted by Crippen LogP contribution is -2.15. The Morgan fingerprint density at radius 3 is 2.02 bits per heavy atom. The molecule has 0 radical (unpaired) electrons. The third-order valence-corrected chi connectivity index (χ3v) is 9.34. The second-order valence-electron chi connectivity index (χ2n) is 12.9. The molecule has 3 aromatic rings. The van der Waals surface area contributed by atoms with Crippen LogP contribution in [0, 0.1) is 11.7 Å². The first-order valence-electron chi connectivity index (χ1n) is 17.5. The third-order valence-electron chi connectivity index (χ3n) is 9.34. The topological polar surface area (TPSA) is 52.1 Å². The number of benzene rings is 2. The minimum Gasteiger partial charge on any atom is -0.423 e. The summed E-state index contributed by atoms with van der Waals surface area (Å²) in [6.07, 6.45) is 26.2. The van der Waals surface area contributed by atoms with Crippen molar-refractivity contribution in [3.05, 3.63) is 77.4 Å². The quantitative estimate of drug-likeness (QED) is 0.0828. The molecule has 0 atom stereocenters. The van der Waals surface area contributed by atoms with E-state index in [1.54, 1.807) is 24.3 Å². The van der Waals surface area contributed by atoms with Crippen LogP contribution >= 0.6 is 0 Å². The molecule has 1 aliphatic carbocycles. The van der Waals surface area contributed by atoms with Crippen LogP contribution in [0.5, 0.6) is 5.75 Å². The summed E-state index contributed by atoms with van der Waals surface area (Å²) in [5.74, 6) is 1.21. The lowest BCUT2D eigenvalue weighted by atomic mass is 9.76. The van der Waals surface area contributed by atoms with Gasteiger partial charge in [-0.15, -0.1) is 0 Å². The van der Waals surface area contributed by atoms with Crippen molar-refractivity contribution >= 4 is 5.97 Å². The van der Waals surface area contributed by atoms with E-state index in [0.717, 1.165) is 41.9 Å². The van der Waals surface area contributed by atoms with Crippen molar-refractivity contribution in [3.63, 3.8) is 0 Å². The van der Waals surface area contributed by atoms with Crippen LogP contribution in [-0.2, 0) is 6.42 Å². The Kier molecular flexibility index (Phi) is 14.3. The molecule has 2 aromatic carbocycles. The highest BCUT2D eigenvalue weighted by atomic mass is 19.1. The predicted molar refractivity (Wildman–Crippen MR) is 179 cm³/mol. The van der Waals surface area contributed by atoms with E-state index in [1.165, 1.54) is 102 Å². The number of unbranched alkanes of at least 4 members (excludes halogenated alkanes) is 10. The Bertz CT molecular complexity index is 1250. The predicted octanol–water partition coefficient (Wildman–Crippen LogP) is 11.4. The van der Waals surface area contributed by atoms with Crippen molar-refractivity contribution in [3.8, 4) is 17.1 Å². The monoisotopic (exact) mass is 600 g/mol. The van der Waals surface area contributed by atoms with Crippen molar-refractivity contribution < 1.29 is 13.9 Å². The molecule has 4 rings (SSSR count). The number of aromatic nitrogens is 2. The Morgan fingerprint density at radius 2 is 1.39 bits per heavy atom. The van der Waals surface area contributed by atoms with E-state index in [1.807, 2.05) is 24.5 Å². The summed E-state index contributed by atoms with van der Waals surface area (Å²) in [6, 6.07) is 12.0. The summed E-state index contributed by atoms with van der Waals surface area (Å²) < 4.78 is 20.7. The van der Waals surface area contributed by atoms with Gasteiger partial charge in [-0.05, 0) is 97.9 Å². The number of carbonyl (C=O) groups excluding carboxylic acids is 1. The van der Waals surface area contributed by atoms with Crippen LogP contribution in [0.2, 0.25) is 0 Å². The van der Waals surface area contributed by atoms with Gasteiger partial charge in [0, 0.05) is 18.0 Å². The smallest absolute Gasteiger partial charge is 0.343 e. The van der Waals surface area contributed by atoms with Gasteiger partial charge in [-0.3, -0.25) is 0 Å². The number of aryl methyl sites for hydroxylation is 1. The number of nitrogens with zero attached hydrogens (tertiary/aromatic N) is 2. The average Bonchev–Trinajstić information content (AvgIpc) is 3.05. The maximum Gasteiger partial charge on any atom is 0.343 e. The molecule has 5 heteroatoms. The molecule has 0 spiro atoms. The number of hydrogen-bond acceptors (Lipinski definition) is 4. The van der Waals surface area contributed by atoms with Crippen molar-refractivity contribution in [2.75, 3.05) is 0 Å². The second-order valence-corrected chi connectivity index (χ2v) is 12.9. The molecule has 0 unspecified atom stereocenters. The number of rotatable bonds is 18. The molecular formula is C39H53FN2O2. The molecule has 0 bridgehead atoms. The number of esters is 1. The number of carbonyl (C=O) groups is 1. The number of ether oxygens (including phenoxy) is 1. The van der Waals surface area contributed by atoms with E-state index in [4.69, 9.17) is 4.74 Å². The molecule has 0 amide bonds. The van der Waals surface area contributed by atoms with Gasteiger partial charge in [-0.2, -0.15) is 0 Å². The zero-order valence-corrected chi connectivity index (χ0v) is 27.2. The molecular weight excluding hydrogens is 547 g/mol. The molecule has 1 aliphatic rings. The summed E-state index contributed by atoms with van der Waals surface area (Å²) in [5, 5.41) is 0. The summed E-state index contributed by atoms with van der Waals surface area (Å²) in [5.41, 5.74) is 2.98. The van der Waals surface area contributed by atoms with Gasteiger partial charge in [-0.1, -0.05) is 97.0 Å². The summed E-state index contributed by atoms with van der Waals surface area (Å²) in [7, 11) is 0. The van der Waals surface area contributed by atoms with E-state index < -0.39 is 5.97 Å². The Labute approximate surface area is 265 Å². The van der Waals surface area contributed by atoms with Gasteiger partial charge < -0.3 is 4.74 Å². The van der Waals surface area contributed by atoms with E-state index in [9.17, 15) is 4.79 Å². The minimum atomic E-state index is -0.555. The van der Waals surface area contributed by atoms with Gasteiger partial charge in [0.25, 0.3) is 0 Å². The van der Waals surface area contributed by atoms with Gasteiger partial charge in [0.05, 0.1) is 5.56 Å². The highest BCUT2D eigenvalue weighted by molar-refractivity contribution is 5.91. The van der Waals surface area contributed by atoms with Crippen molar-refractivity contribution in [2.45, 2.75) is 135 Å². The molecule has 4 nitrogen and oxygen atoms in total. The molecule has 238 valence electrons. The Hall–Kier alpha value is -3.08. The highest BCUT2D eigenvalue weighted by Crippen LogP contribution is 2.39. The Morgan fingerprint density at radius 1 is 0.773 bits per heavy atom. The van der Waals surface area contributed by atoms with Crippen molar-refractivity contribution in [1.82, 2.24) is 9.97 Å². The van der Waals surface area contributed by atoms with Crippen LogP contribution < -0.4 is 4.74 Å². The zero-order chi connectivity index (χ0) is 31.0. The molecule has 1 heterocycles. The minimum absolute atomic E-state index is 0.232. The van der Waals surface area contributed by atoms with E-state index in [0.29, 0.717) is 11.6 Å². The fourth-order valence-corrected chi connectivity index (χ4v) is 6.54. The summed E-state index contributed by atoms with van der Waals surface area (Å²) in [6.45, 7) is 4.50. The first-order valence-corrected chi connectivity index (χ1v) is 17.5. The van der Waals surface area contributed by atoms with Crippen LogP contribution in [0.3, 0.4) is 0 Å². The second kappa shape index (κ2) is 18.7. The molecule has 0 N–H and O–H groups in total. The SMILES string of the molecule is CCCCCCCCCc1cnc(-c2ccc(OC(=O)c3ccc([C@H]4CC[C@H](CCCCCCC)CC4)c(F)c3)cc2)nc1. The number of hydrogen-bond donors (Lipinski definition) is 0. The van der Waals surface area contributed by atoms with Crippen LogP contribution in [0.25, 0.3) is 11.4 Å². The van der Waals surface area contributed by atoms with E-state index in [2.05, 4.69) is 23.8 Å². The van der Waals surface area contributed by atoms with Gasteiger partial charge >= 0.3 is 5.97 Å². The maximum atomic E-state index is 15.1. The molecule has 1 saturated carbocycles. The van der Waals surface area contributed by atoms with Gasteiger partial charge in [0.2, 0.25) is 0 Å². The fourth-order valence-electron chi connectivity index (χ4n) is 6.54. The first-order chi connectivity index (χ1) is 21.6. The zero-order valence-electron chi connectivity index (χ0n) is 27.2. The van der Waals surface area contributed by atoms with E-state index in [-0.39, 0.29) is 17.3 Å². The lowest BCUT2D eigenvalue weighted by Gasteiger charge is -2.29. The highest BCUT2D eigenvalue weighted by Gasteiger charge is 2.25. The molecule has 0 saturated heterocycles. The average molecular weight is 601 g/mol. The van der Waals surface area contributed by atoms with Crippen LogP contribution in [0.1, 0.15) is 150 Å². The van der Waals surface area contributed by atoms with Crippen molar-refractivity contribution in [2.24, 2.45) is 5.92 Å². The molecule has 44 heavy (non-hydrogen) atoms. The Balaban J connectivity index is 1.21. The first kappa shape index (κ1) is 33.8. The fraction of sp³-hybridized carbons (Fsp3) is 0.564. The van der Waals surface area contributed by atoms with Crippen molar-refractivity contribution in [1.29, 1.82) is 0 Å². The van der Waals surface area contributed by atoms with Gasteiger partial charge in [0.15, 0.2) is 5.82 Å². The maximum absolute atomic E-state index is 15.1. The lowest BCUT2D eigenvalue weighted by molar-refractivity contribution is 0.0734. The molecule has 1 fully saturated rings. The largest absolute Gasteiger partial charge is 0.423 e. The third kappa shape index (κ3) is 10.8. The normalized spacial score (nSPS) is 16.6. The number of halogens is 1. The van der Waals surface area contributed by atoms with Crippen LogP contribution in [-0.4, -0.2) is 15.9 Å². The standard InChI is InChI=1S/C39H53FN2O2/c1-3-5-7-9-10-12-14-16-31-28-41-38(42-29-31)33-21-24-35(25-22-33)44-39(43)34-23-26-36(37(40)27-34)32-19-17-30(18-20-32)15-13-11-8-6-4-2/h21-30,32H,3-20H2,1-2H3/t30-,32-. The molecule has 1 aromatic heterocycles. The molecule has 0 aliphatic heterocycles. The van der Waals surface area contributed by atoms with E-state index >= 15 is 4.39 Å². The summed E-state index contributed by atoms with van der Waals surface area (Å²) in [4.78, 5) is 21.9. The van der Waals surface area contributed by atoms with Gasteiger partial charge in [-0.25, -0.2) is 19.2 Å². The van der Waals surface area contributed by atoms with Crippen LogP contribution in [0.4, 0.5) is 4.39 Å².